The maximum absolute atomic E-state index is 13.0. The second kappa shape index (κ2) is 9.06. The topological polar surface area (TPSA) is 75.7 Å². The number of ether oxygens (including phenoxy) is 1. The lowest BCUT2D eigenvalue weighted by atomic mass is 10.2. The Morgan fingerprint density at radius 2 is 1.63 bits per heavy atom. The van der Waals surface area contributed by atoms with Crippen LogP contribution < -0.4 is 10.1 Å². The summed E-state index contributed by atoms with van der Waals surface area (Å²) in [6, 6.07) is 18.6. The molecule has 0 heterocycles. The molecule has 156 valence electrons. The van der Waals surface area contributed by atoms with Crippen LogP contribution in [-0.2, 0) is 16.6 Å². The first-order valence-electron chi connectivity index (χ1n) is 9.09. The summed E-state index contributed by atoms with van der Waals surface area (Å²) in [7, 11) is -0.644. The first kappa shape index (κ1) is 21.5. The van der Waals surface area contributed by atoms with E-state index in [1.807, 2.05) is 6.07 Å². The predicted octanol–water partition coefficient (Wildman–Crippen LogP) is 3.80. The van der Waals surface area contributed by atoms with Crippen molar-refractivity contribution in [3.63, 3.8) is 0 Å². The number of nitrogens with zero attached hydrogens (tertiary/aromatic N) is 1. The highest BCUT2D eigenvalue weighted by Gasteiger charge is 2.17. The van der Waals surface area contributed by atoms with Gasteiger partial charge >= 0.3 is 0 Å². The summed E-state index contributed by atoms with van der Waals surface area (Å²) in [5.41, 5.74) is 1.17. The molecule has 0 aromatic heterocycles. The van der Waals surface area contributed by atoms with Crippen molar-refractivity contribution < 1.29 is 22.3 Å². The van der Waals surface area contributed by atoms with E-state index >= 15 is 0 Å². The first-order chi connectivity index (χ1) is 14.3. The average molecular weight is 428 g/mol. The van der Waals surface area contributed by atoms with Crippen LogP contribution in [0, 0.1) is 5.82 Å². The largest absolute Gasteiger partial charge is 0.457 e. The molecule has 8 heteroatoms. The molecule has 6 nitrogen and oxygen atoms in total. The van der Waals surface area contributed by atoms with E-state index in [0.29, 0.717) is 17.1 Å². The SMILES string of the molecule is CN(C)S(=O)(=O)c1ccc(C(=O)NCc2cccc(Oc3ccc(F)cc3)c2)cc1. The lowest BCUT2D eigenvalue weighted by Gasteiger charge is -2.12. The van der Waals surface area contributed by atoms with Gasteiger partial charge in [0.25, 0.3) is 5.91 Å². The Kier molecular flexibility index (Phi) is 6.49. The molecule has 30 heavy (non-hydrogen) atoms. The Morgan fingerprint density at radius 3 is 2.27 bits per heavy atom. The van der Waals surface area contributed by atoms with Gasteiger partial charge in [0.05, 0.1) is 4.90 Å². The average Bonchev–Trinajstić information content (AvgIpc) is 2.74. The van der Waals surface area contributed by atoms with Gasteiger partial charge in [-0.3, -0.25) is 4.79 Å². The highest BCUT2D eigenvalue weighted by Crippen LogP contribution is 2.22. The minimum atomic E-state index is -3.54. The standard InChI is InChI=1S/C22H21FN2O4S/c1-25(2)30(27,28)21-12-6-17(7-13-21)22(26)24-15-16-4-3-5-20(14-16)29-19-10-8-18(23)9-11-19/h3-14H,15H2,1-2H3,(H,24,26). The number of sulfonamides is 1. The number of hydrogen-bond donors (Lipinski definition) is 1. The lowest BCUT2D eigenvalue weighted by molar-refractivity contribution is 0.0950. The molecule has 0 saturated carbocycles. The van der Waals surface area contributed by atoms with Crippen molar-refractivity contribution in [2.45, 2.75) is 11.4 Å². The highest BCUT2D eigenvalue weighted by molar-refractivity contribution is 7.89. The van der Waals surface area contributed by atoms with Crippen molar-refractivity contribution in [1.82, 2.24) is 9.62 Å². The zero-order chi connectivity index (χ0) is 21.7. The van der Waals surface area contributed by atoms with Gasteiger partial charge in [0.15, 0.2) is 0 Å². The Bertz CT molecular complexity index is 1130. The van der Waals surface area contributed by atoms with E-state index in [0.717, 1.165) is 9.87 Å². The van der Waals surface area contributed by atoms with Gasteiger partial charge in [-0.15, -0.1) is 0 Å². The van der Waals surface area contributed by atoms with Gasteiger partial charge in [-0.25, -0.2) is 17.1 Å². The molecule has 0 aliphatic heterocycles. The summed E-state index contributed by atoms with van der Waals surface area (Å²) < 4.78 is 44.0. The monoisotopic (exact) mass is 428 g/mol. The molecule has 0 fully saturated rings. The predicted molar refractivity (Wildman–Crippen MR) is 111 cm³/mol. The van der Waals surface area contributed by atoms with E-state index in [9.17, 15) is 17.6 Å². The number of benzene rings is 3. The van der Waals surface area contributed by atoms with Crippen molar-refractivity contribution >= 4 is 15.9 Å². The van der Waals surface area contributed by atoms with Crippen molar-refractivity contribution in [2.24, 2.45) is 0 Å². The molecule has 3 aromatic rings. The highest BCUT2D eigenvalue weighted by atomic mass is 32.2. The Hall–Kier alpha value is -3.23. The van der Waals surface area contributed by atoms with Crippen LogP contribution in [0.25, 0.3) is 0 Å². The molecule has 0 aliphatic rings. The van der Waals surface area contributed by atoms with Gasteiger partial charge in [0.2, 0.25) is 10.0 Å². The maximum Gasteiger partial charge on any atom is 0.251 e. The molecule has 0 spiro atoms. The minimum Gasteiger partial charge on any atom is -0.457 e. The fourth-order valence-electron chi connectivity index (χ4n) is 2.63. The van der Waals surface area contributed by atoms with Crippen molar-refractivity contribution in [3.8, 4) is 11.5 Å². The molecule has 1 amide bonds. The summed E-state index contributed by atoms with van der Waals surface area (Å²) in [5.74, 6) is 0.400. The van der Waals surface area contributed by atoms with Crippen LogP contribution in [0.3, 0.4) is 0 Å². The first-order valence-corrected chi connectivity index (χ1v) is 10.5. The molecule has 0 unspecified atom stereocenters. The Morgan fingerprint density at radius 1 is 0.967 bits per heavy atom. The number of halogens is 1. The van der Waals surface area contributed by atoms with Gasteiger partial charge in [-0.1, -0.05) is 12.1 Å². The van der Waals surface area contributed by atoms with Gasteiger partial charge in [0, 0.05) is 26.2 Å². The smallest absolute Gasteiger partial charge is 0.251 e. The molecule has 1 N–H and O–H groups in total. The molecule has 0 saturated heterocycles. The molecule has 0 bridgehead atoms. The number of amides is 1. The summed E-state index contributed by atoms with van der Waals surface area (Å²) >= 11 is 0. The van der Waals surface area contributed by atoms with Crippen LogP contribution in [0.1, 0.15) is 15.9 Å². The van der Waals surface area contributed by atoms with Crippen LogP contribution in [0.5, 0.6) is 11.5 Å². The Balaban J connectivity index is 1.62. The van der Waals surface area contributed by atoms with E-state index in [4.69, 9.17) is 4.74 Å². The van der Waals surface area contributed by atoms with E-state index in [2.05, 4.69) is 5.32 Å². The van der Waals surface area contributed by atoms with E-state index in [1.165, 1.54) is 62.6 Å². The van der Waals surface area contributed by atoms with Crippen LogP contribution in [0.4, 0.5) is 4.39 Å². The number of carbonyl (C=O) groups excluding carboxylic acids is 1. The summed E-state index contributed by atoms with van der Waals surface area (Å²) in [5, 5.41) is 2.79. The molecule has 0 radical (unpaired) electrons. The number of hydrogen-bond acceptors (Lipinski definition) is 4. The molecule has 0 aliphatic carbocycles. The maximum atomic E-state index is 13.0. The third-order valence-electron chi connectivity index (χ3n) is 4.30. The van der Waals surface area contributed by atoms with Gasteiger partial charge in [-0.05, 0) is 66.2 Å². The van der Waals surface area contributed by atoms with Crippen molar-refractivity contribution in [1.29, 1.82) is 0 Å². The second-order valence-corrected chi connectivity index (χ2v) is 8.85. The van der Waals surface area contributed by atoms with Crippen LogP contribution in [0.2, 0.25) is 0 Å². The quantitative estimate of drug-likeness (QED) is 0.621. The Labute approximate surface area is 175 Å². The molecule has 0 atom stereocenters. The van der Waals surface area contributed by atoms with E-state index in [-0.39, 0.29) is 23.2 Å². The van der Waals surface area contributed by atoms with Crippen molar-refractivity contribution in [2.75, 3.05) is 14.1 Å². The number of nitrogens with one attached hydrogen (secondary N) is 1. The summed E-state index contributed by atoms with van der Waals surface area (Å²) in [4.78, 5) is 12.5. The van der Waals surface area contributed by atoms with E-state index in [1.54, 1.807) is 18.2 Å². The van der Waals surface area contributed by atoms with Gasteiger partial charge in [0.1, 0.15) is 17.3 Å². The minimum absolute atomic E-state index is 0.120. The molecular weight excluding hydrogens is 407 g/mol. The van der Waals surface area contributed by atoms with E-state index < -0.39 is 10.0 Å². The zero-order valence-electron chi connectivity index (χ0n) is 16.5. The normalized spacial score (nSPS) is 11.3. The van der Waals surface area contributed by atoms with Crippen LogP contribution in [0.15, 0.2) is 77.7 Å². The van der Waals surface area contributed by atoms with Gasteiger partial charge < -0.3 is 10.1 Å². The summed E-state index contributed by atoms with van der Waals surface area (Å²) in [6.45, 7) is 0.261. The third kappa shape index (κ3) is 5.22. The van der Waals surface area contributed by atoms with Crippen LogP contribution >= 0.6 is 0 Å². The van der Waals surface area contributed by atoms with Gasteiger partial charge in [-0.2, -0.15) is 0 Å². The fourth-order valence-corrected chi connectivity index (χ4v) is 3.53. The second-order valence-electron chi connectivity index (χ2n) is 6.70. The molecule has 3 aromatic carbocycles. The lowest BCUT2D eigenvalue weighted by Crippen LogP contribution is -2.24. The third-order valence-corrected chi connectivity index (χ3v) is 6.13. The van der Waals surface area contributed by atoms with Crippen molar-refractivity contribution in [3.05, 3.63) is 89.7 Å². The van der Waals surface area contributed by atoms with Crippen LogP contribution in [-0.4, -0.2) is 32.7 Å². The number of rotatable bonds is 7. The zero-order valence-corrected chi connectivity index (χ0v) is 17.3. The fraction of sp³-hybridized carbons (Fsp3) is 0.136. The number of carbonyl (C=O) groups is 1. The molecule has 3 rings (SSSR count). The summed E-state index contributed by atoms with van der Waals surface area (Å²) in [6.07, 6.45) is 0. The molecular formula is C22H21FN2O4S.